The van der Waals surface area contributed by atoms with Gasteiger partial charge in [0.15, 0.2) is 0 Å². The normalized spacial score (nSPS) is 22.6. The number of imidazole rings is 1. The molecule has 6 heteroatoms. The SMILES string of the molecule is CCCN1C(=O)[C@H]2CC[C@@H]1CN(C(=O)c1cccc(-c3ncc[nH]3)c1)C2. The third-order valence-electron chi connectivity index (χ3n) is 5.43. The lowest BCUT2D eigenvalue weighted by atomic mass is 9.94. The maximum absolute atomic E-state index is 13.1. The topological polar surface area (TPSA) is 69.3 Å². The third-order valence-corrected chi connectivity index (χ3v) is 5.43. The molecule has 3 aliphatic rings. The van der Waals surface area contributed by atoms with E-state index in [0.29, 0.717) is 18.7 Å². The second-order valence-electron chi connectivity index (χ2n) is 7.19. The number of fused-ring (bicyclic) bond motifs is 4. The molecule has 0 unspecified atom stereocenters. The molecule has 2 amide bonds. The van der Waals surface area contributed by atoms with Gasteiger partial charge in [-0.05, 0) is 31.4 Å². The molecule has 5 rings (SSSR count). The number of aromatic nitrogens is 2. The third kappa shape index (κ3) is 3.00. The van der Waals surface area contributed by atoms with Gasteiger partial charge in [0.05, 0.1) is 5.92 Å². The van der Waals surface area contributed by atoms with E-state index in [2.05, 4.69) is 16.9 Å². The van der Waals surface area contributed by atoms with Crippen LogP contribution in [-0.2, 0) is 4.79 Å². The molecular formula is C20H24N4O2. The van der Waals surface area contributed by atoms with Crippen molar-refractivity contribution in [2.75, 3.05) is 19.6 Å². The van der Waals surface area contributed by atoms with E-state index < -0.39 is 0 Å². The van der Waals surface area contributed by atoms with Gasteiger partial charge < -0.3 is 14.8 Å². The number of benzene rings is 1. The lowest BCUT2D eigenvalue weighted by molar-refractivity contribution is -0.139. The summed E-state index contributed by atoms with van der Waals surface area (Å²) in [6.07, 6.45) is 6.30. The van der Waals surface area contributed by atoms with Crippen molar-refractivity contribution in [3.63, 3.8) is 0 Å². The maximum Gasteiger partial charge on any atom is 0.253 e. The number of hydrogen-bond donors (Lipinski definition) is 1. The Morgan fingerprint density at radius 2 is 2.19 bits per heavy atom. The van der Waals surface area contributed by atoms with Crippen LogP contribution >= 0.6 is 0 Å². The number of nitrogens with one attached hydrogen (secondary N) is 1. The maximum atomic E-state index is 13.1. The highest BCUT2D eigenvalue weighted by Crippen LogP contribution is 2.30. The number of aromatic amines is 1. The smallest absolute Gasteiger partial charge is 0.253 e. The van der Waals surface area contributed by atoms with Crippen LogP contribution in [0.2, 0.25) is 0 Å². The zero-order valence-electron chi connectivity index (χ0n) is 15.0. The summed E-state index contributed by atoms with van der Waals surface area (Å²) in [4.78, 5) is 37.0. The predicted octanol–water partition coefficient (Wildman–Crippen LogP) is 2.55. The standard InChI is InChI=1S/C20H24N4O2/c1-2-10-24-17-7-6-16(20(24)26)12-23(13-17)19(25)15-5-3-4-14(11-15)18-21-8-9-22-18/h3-5,8-9,11,16-17H,2,6-7,10,12-13H2,1H3,(H,21,22)/t16-,17+/m0/s1. The first-order chi connectivity index (χ1) is 12.7. The quantitative estimate of drug-likeness (QED) is 0.919. The zero-order valence-corrected chi connectivity index (χ0v) is 15.0. The summed E-state index contributed by atoms with van der Waals surface area (Å²) in [5.41, 5.74) is 1.54. The summed E-state index contributed by atoms with van der Waals surface area (Å²) >= 11 is 0. The second-order valence-corrected chi connectivity index (χ2v) is 7.19. The minimum absolute atomic E-state index is 0.00135. The molecule has 1 aromatic heterocycles. The predicted molar refractivity (Wildman–Crippen MR) is 98.4 cm³/mol. The lowest BCUT2D eigenvalue weighted by Gasteiger charge is -2.35. The zero-order chi connectivity index (χ0) is 18.1. The number of nitrogens with zero attached hydrogens (tertiary/aromatic N) is 3. The number of amides is 2. The lowest BCUT2D eigenvalue weighted by Crippen LogP contribution is -2.48. The van der Waals surface area contributed by atoms with E-state index in [1.807, 2.05) is 34.1 Å². The molecule has 0 saturated carbocycles. The van der Waals surface area contributed by atoms with E-state index in [0.717, 1.165) is 37.2 Å². The van der Waals surface area contributed by atoms with Gasteiger partial charge in [-0.15, -0.1) is 0 Å². The Morgan fingerprint density at radius 3 is 2.96 bits per heavy atom. The Labute approximate surface area is 153 Å². The van der Waals surface area contributed by atoms with E-state index in [-0.39, 0.29) is 23.8 Å². The first kappa shape index (κ1) is 16.8. The van der Waals surface area contributed by atoms with Crippen LogP contribution in [0.25, 0.3) is 11.4 Å². The van der Waals surface area contributed by atoms with E-state index in [1.54, 1.807) is 12.4 Å². The monoisotopic (exact) mass is 352 g/mol. The highest BCUT2D eigenvalue weighted by Gasteiger charge is 2.41. The number of H-pyrrole nitrogens is 1. The second kappa shape index (κ2) is 6.94. The number of carbonyl (C=O) groups is 2. The van der Waals surface area contributed by atoms with Crippen LogP contribution in [0, 0.1) is 5.92 Å². The molecule has 3 saturated heterocycles. The molecule has 136 valence electrons. The van der Waals surface area contributed by atoms with Crippen molar-refractivity contribution in [2.24, 2.45) is 5.92 Å². The van der Waals surface area contributed by atoms with Gasteiger partial charge in [-0.1, -0.05) is 19.1 Å². The fraction of sp³-hybridized carbons (Fsp3) is 0.450. The Morgan fingerprint density at radius 1 is 1.31 bits per heavy atom. The largest absolute Gasteiger partial charge is 0.345 e. The molecule has 3 fully saturated rings. The molecule has 2 bridgehead atoms. The Bertz CT molecular complexity index is 802. The number of carbonyl (C=O) groups excluding carboxylic acids is 2. The molecule has 1 N–H and O–H groups in total. The molecule has 0 radical (unpaired) electrons. The van der Waals surface area contributed by atoms with Gasteiger partial charge in [0.2, 0.25) is 5.91 Å². The van der Waals surface area contributed by atoms with Crippen molar-refractivity contribution < 1.29 is 9.59 Å². The van der Waals surface area contributed by atoms with Crippen LogP contribution in [0.1, 0.15) is 36.5 Å². The fourth-order valence-corrected chi connectivity index (χ4v) is 4.15. The van der Waals surface area contributed by atoms with Gasteiger partial charge >= 0.3 is 0 Å². The minimum Gasteiger partial charge on any atom is -0.345 e. The highest BCUT2D eigenvalue weighted by atomic mass is 16.2. The van der Waals surface area contributed by atoms with Crippen molar-refractivity contribution in [1.82, 2.24) is 19.8 Å². The van der Waals surface area contributed by atoms with Gasteiger partial charge in [0.1, 0.15) is 5.82 Å². The van der Waals surface area contributed by atoms with Gasteiger partial charge in [-0.25, -0.2) is 4.98 Å². The molecule has 2 aromatic rings. The van der Waals surface area contributed by atoms with Crippen LogP contribution in [0.3, 0.4) is 0 Å². The van der Waals surface area contributed by atoms with Gasteiger partial charge in [0.25, 0.3) is 5.91 Å². The molecule has 3 aliphatic heterocycles. The molecule has 4 heterocycles. The molecule has 2 atom stereocenters. The van der Waals surface area contributed by atoms with E-state index in [4.69, 9.17) is 0 Å². The molecule has 1 aromatic carbocycles. The summed E-state index contributed by atoms with van der Waals surface area (Å²) in [7, 11) is 0. The molecule has 6 nitrogen and oxygen atoms in total. The van der Waals surface area contributed by atoms with Crippen LogP contribution in [0.5, 0.6) is 0 Å². The summed E-state index contributed by atoms with van der Waals surface area (Å²) in [5.74, 6) is 0.918. The van der Waals surface area contributed by atoms with Crippen molar-refractivity contribution >= 4 is 11.8 Å². The first-order valence-electron chi connectivity index (χ1n) is 9.37. The molecule has 0 aliphatic carbocycles. The van der Waals surface area contributed by atoms with Crippen LogP contribution in [-0.4, -0.2) is 57.3 Å². The summed E-state index contributed by atoms with van der Waals surface area (Å²) < 4.78 is 0. The Hall–Kier alpha value is -2.63. The minimum atomic E-state index is -0.0579. The summed E-state index contributed by atoms with van der Waals surface area (Å²) in [6, 6.07) is 7.69. The summed E-state index contributed by atoms with van der Waals surface area (Å²) in [5, 5.41) is 0. The van der Waals surface area contributed by atoms with Crippen LogP contribution in [0.15, 0.2) is 36.7 Å². The fourth-order valence-electron chi connectivity index (χ4n) is 4.15. The molecular weight excluding hydrogens is 328 g/mol. The van der Waals surface area contributed by atoms with Crippen molar-refractivity contribution in [2.45, 2.75) is 32.2 Å². The van der Waals surface area contributed by atoms with E-state index in [1.165, 1.54) is 0 Å². The molecule has 26 heavy (non-hydrogen) atoms. The van der Waals surface area contributed by atoms with Gasteiger partial charge in [-0.3, -0.25) is 9.59 Å². The van der Waals surface area contributed by atoms with E-state index >= 15 is 0 Å². The number of hydrogen-bond acceptors (Lipinski definition) is 3. The average molecular weight is 352 g/mol. The van der Waals surface area contributed by atoms with Gasteiger partial charge in [0, 0.05) is 49.2 Å². The van der Waals surface area contributed by atoms with Crippen LogP contribution < -0.4 is 0 Å². The average Bonchev–Trinajstić information content (AvgIpc) is 3.07. The van der Waals surface area contributed by atoms with Crippen molar-refractivity contribution in [3.8, 4) is 11.4 Å². The summed E-state index contributed by atoms with van der Waals surface area (Å²) in [6.45, 7) is 4.04. The Kier molecular flexibility index (Phi) is 4.49. The van der Waals surface area contributed by atoms with Crippen LogP contribution in [0.4, 0.5) is 0 Å². The molecule has 0 spiro atoms. The van der Waals surface area contributed by atoms with Gasteiger partial charge in [-0.2, -0.15) is 0 Å². The van der Waals surface area contributed by atoms with Crippen molar-refractivity contribution in [3.05, 3.63) is 42.2 Å². The van der Waals surface area contributed by atoms with E-state index in [9.17, 15) is 9.59 Å². The first-order valence-corrected chi connectivity index (χ1v) is 9.37. The number of rotatable bonds is 4. The Balaban J connectivity index is 1.57. The number of piperidine rings is 1. The van der Waals surface area contributed by atoms with Crippen molar-refractivity contribution in [1.29, 1.82) is 0 Å². The highest BCUT2D eigenvalue weighted by molar-refractivity contribution is 5.96.